The molecule has 4 nitrogen and oxygen atoms in total. The quantitative estimate of drug-likeness (QED) is 0.766. The highest BCUT2D eigenvalue weighted by Gasteiger charge is 2.26. The number of nitriles is 1. The van der Waals surface area contributed by atoms with E-state index in [1.165, 1.54) is 18.7 Å². The second-order valence-corrected chi connectivity index (χ2v) is 5.94. The van der Waals surface area contributed by atoms with Crippen LogP contribution in [0.4, 0.5) is 0 Å². The van der Waals surface area contributed by atoms with Gasteiger partial charge in [0.15, 0.2) is 0 Å². The number of carbonyl (C=O) groups is 1. The molecule has 0 fully saturated rings. The van der Waals surface area contributed by atoms with E-state index in [1.807, 2.05) is 0 Å². The lowest BCUT2D eigenvalue weighted by Gasteiger charge is -2.23. The van der Waals surface area contributed by atoms with Gasteiger partial charge in [0, 0.05) is 13.1 Å². The number of hydrazine groups is 1. The van der Waals surface area contributed by atoms with Gasteiger partial charge in [0.05, 0.1) is 0 Å². The van der Waals surface area contributed by atoms with Crippen molar-refractivity contribution in [1.29, 1.82) is 5.26 Å². The number of unbranched alkanes of at least 4 members (excludes halogenated alkanes) is 1. The molecule has 0 spiro atoms. The molecule has 0 aromatic carbocycles. The average molecular weight is 257 g/mol. The number of hydrogen-bond donors (Lipinski definition) is 1. The van der Waals surface area contributed by atoms with E-state index in [0.717, 1.165) is 18.6 Å². The minimum absolute atomic E-state index is 0.0881. The third kappa shape index (κ3) is 3.99. The Bertz CT molecular complexity index is 325. The van der Waals surface area contributed by atoms with Crippen molar-refractivity contribution in [2.24, 2.45) is 0 Å². The highest BCUT2D eigenvalue weighted by Crippen LogP contribution is 2.38. The molecular formula is C10H15N3OS2. The van der Waals surface area contributed by atoms with Crippen molar-refractivity contribution >= 4 is 29.4 Å². The molecule has 0 bridgehead atoms. The van der Waals surface area contributed by atoms with E-state index < -0.39 is 0 Å². The second kappa shape index (κ2) is 6.71. The summed E-state index contributed by atoms with van der Waals surface area (Å²) in [7, 11) is 0. The zero-order valence-electron chi connectivity index (χ0n) is 9.40. The smallest absolute Gasteiger partial charge is 0.235 e. The molecule has 1 atom stereocenters. The van der Waals surface area contributed by atoms with E-state index in [0.29, 0.717) is 4.91 Å². The molecule has 1 aliphatic heterocycles. The van der Waals surface area contributed by atoms with Crippen LogP contribution in [-0.2, 0) is 4.79 Å². The van der Waals surface area contributed by atoms with Gasteiger partial charge in [0.1, 0.15) is 15.7 Å². The second-order valence-electron chi connectivity index (χ2n) is 3.33. The molecule has 0 aliphatic carbocycles. The minimum atomic E-state index is -0.114. The van der Waals surface area contributed by atoms with Crippen molar-refractivity contribution in [2.75, 3.05) is 5.75 Å². The minimum Gasteiger partial charge on any atom is -0.274 e. The predicted octanol–water partition coefficient (Wildman–Crippen LogP) is 2.27. The maximum absolute atomic E-state index is 11.0. The van der Waals surface area contributed by atoms with Crippen LogP contribution in [0.2, 0.25) is 0 Å². The SMILES string of the molecule is CCCCSC1SC(C#N)=CN1NC(C)=O. The Morgan fingerprint density at radius 3 is 3.12 bits per heavy atom. The predicted molar refractivity (Wildman–Crippen MR) is 68.1 cm³/mol. The Morgan fingerprint density at radius 1 is 1.81 bits per heavy atom. The Morgan fingerprint density at radius 2 is 2.56 bits per heavy atom. The molecule has 0 radical (unpaired) electrons. The molecule has 88 valence electrons. The van der Waals surface area contributed by atoms with Crippen LogP contribution in [0.15, 0.2) is 11.1 Å². The van der Waals surface area contributed by atoms with Crippen molar-refractivity contribution in [3.05, 3.63) is 11.1 Å². The number of amides is 1. The average Bonchev–Trinajstić information content (AvgIpc) is 2.60. The van der Waals surface area contributed by atoms with Crippen LogP contribution in [0, 0.1) is 11.3 Å². The maximum Gasteiger partial charge on any atom is 0.235 e. The number of rotatable bonds is 5. The lowest BCUT2D eigenvalue weighted by Crippen LogP contribution is -2.39. The van der Waals surface area contributed by atoms with E-state index in [1.54, 1.807) is 23.0 Å². The van der Waals surface area contributed by atoms with Gasteiger partial charge >= 0.3 is 0 Å². The van der Waals surface area contributed by atoms with Crippen LogP contribution in [0.5, 0.6) is 0 Å². The number of allylic oxidation sites excluding steroid dienone is 1. The summed E-state index contributed by atoms with van der Waals surface area (Å²) in [5, 5.41) is 10.5. The largest absolute Gasteiger partial charge is 0.274 e. The Labute approximate surface area is 104 Å². The van der Waals surface area contributed by atoms with Crippen LogP contribution in [0.1, 0.15) is 26.7 Å². The first-order chi connectivity index (χ1) is 7.67. The fourth-order valence-electron chi connectivity index (χ4n) is 1.15. The lowest BCUT2D eigenvalue weighted by molar-refractivity contribution is -0.122. The summed E-state index contributed by atoms with van der Waals surface area (Å²) in [4.78, 5) is 11.6. The molecule has 16 heavy (non-hydrogen) atoms. The monoisotopic (exact) mass is 257 g/mol. The molecule has 0 aromatic heterocycles. The molecule has 1 aliphatic rings. The normalized spacial score (nSPS) is 19.2. The number of carbonyl (C=O) groups excluding carboxylic acids is 1. The summed E-state index contributed by atoms with van der Waals surface area (Å²) in [6, 6.07) is 2.11. The molecule has 1 heterocycles. The van der Waals surface area contributed by atoms with E-state index in [9.17, 15) is 4.79 Å². The van der Waals surface area contributed by atoms with Crippen LogP contribution < -0.4 is 5.43 Å². The van der Waals surface area contributed by atoms with Gasteiger partial charge in [-0.05, 0) is 12.2 Å². The van der Waals surface area contributed by atoms with Gasteiger partial charge in [-0.1, -0.05) is 25.1 Å². The van der Waals surface area contributed by atoms with Gasteiger partial charge < -0.3 is 0 Å². The fraction of sp³-hybridized carbons (Fsp3) is 0.600. The molecule has 1 rings (SSSR count). The van der Waals surface area contributed by atoms with Crippen molar-refractivity contribution in [3.63, 3.8) is 0 Å². The standard InChI is InChI=1S/C10H15N3OS2/c1-3-4-5-15-10-13(12-8(2)14)7-9(6-11)16-10/h7,10H,3-5H2,1-2H3,(H,12,14). The van der Waals surface area contributed by atoms with Gasteiger partial charge in [0.2, 0.25) is 5.91 Å². The van der Waals surface area contributed by atoms with Gasteiger partial charge in [-0.25, -0.2) is 0 Å². The fourth-order valence-corrected chi connectivity index (χ4v) is 3.62. The van der Waals surface area contributed by atoms with Crippen molar-refractivity contribution in [3.8, 4) is 6.07 Å². The first-order valence-corrected chi connectivity index (χ1v) is 7.06. The van der Waals surface area contributed by atoms with Gasteiger partial charge in [-0.2, -0.15) is 5.26 Å². The number of hydrogen-bond acceptors (Lipinski definition) is 5. The molecule has 0 saturated carbocycles. The molecule has 1 unspecified atom stereocenters. The Kier molecular flexibility index (Phi) is 5.56. The summed E-state index contributed by atoms with van der Waals surface area (Å²) in [5.41, 5.74) is 2.71. The van der Waals surface area contributed by atoms with Gasteiger partial charge in [-0.15, -0.1) is 11.8 Å². The van der Waals surface area contributed by atoms with E-state index in [2.05, 4.69) is 18.4 Å². The summed E-state index contributed by atoms with van der Waals surface area (Å²) in [5.74, 6) is 0.925. The molecular weight excluding hydrogens is 242 g/mol. The van der Waals surface area contributed by atoms with Gasteiger partial charge in [0.25, 0.3) is 0 Å². The highest BCUT2D eigenvalue weighted by atomic mass is 32.2. The lowest BCUT2D eigenvalue weighted by atomic mass is 10.4. The summed E-state index contributed by atoms with van der Waals surface area (Å²) in [6.45, 7) is 3.61. The highest BCUT2D eigenvalue weighted by molar-refractivity contribution is 8.19. The first-order valence-electron chi connectivity index (χ1n) is 5.13. The van der Waals surface area contributed by atoms with Gasteiger partial charge in [-0.3, -0.25) is 15.2 Å². The number of nitrogens with zero attached hydrogens (tertiary/aromatic N) is 2. The van der Waals surface area contributed by atoms with Crippen LogP contribution >= 0.6 is 23.5 Å². The van der Waals surface area contributed by atoms with Crippen LogP contribution in [-0.4, -0.2) is 21.4 Å². The van der Waals surface area contributed by atoms with Crippen molar-refractivity contribution < 1.29 is 4.79 Å². The maximum atomic E-state index is 11.0. The Balaban J connectivity index is 2.50. The number of thioether (sulfide) groups is 2. The third-order valence-electron chi connectivity index (χ3n) is 1.87. The topological polar surface area (TPSA) is 56.1 Å². The van der Waals surface area contributed by atoms with E-state index in [-0.39, 0.29) is 10.6 Å². The summed E-state index contributed by atoms with van der Waals surface area (Å²) in [6.07, 6.45) is 4.00. The van der Waals surface area contributed by atoms with E-state index in [4.69, 9.17) is 5.26 Å². The zero-order valence-corrected chi connectivity index (χ0v) is 11.0. The number of nitrogens with one attached hydrogen (secondary N) is 1. The molecule has 6 heteroatoms. The summed E-state index contributed by atoms with van der Waals surface area (Å²) < 4.78 is 0.0881. The van der Waals surface area contributed by atoms with E-state index >= 15 is 0 Å². The Hall–Kier alpha value is -0.800. The zero-order chi connectivity index (χ0) is 12.0. The molecule has 0 saturated heterocycles. The summed E-state index contributed by atoms with van der Waals surface area (Å²) >= 11 is 3.23. The first kappa shape index (κ1) is 13.3. The molecule has 1 amide bonds. The molecule has 1 N–H and O–H groups in total. The van der Waals surface area contributed by atoms with Crippen molar-refractivity contribution in [1.82, 2.24) is 10.4 Å². The van der Waals surface area contributed by atoms with Crippen LogP contribution in [0.3, 0.4) is 0 Å². The van der Waals surface area contributed by atoms with Crippen LogP contribution in [0.25, 0.3) is 0 Å². The van der Waals surface area contributed by atoms with Crippen molar-refractivity contribution in [2.45, 2.75) is 31.4 Å². The third-order valence-corrected chi connectivity index (χ3v) is 4.48. The molecule has 0 aromatic rings.